The molecule has 0 aliphatic carbocycles. The lowest BCUT2D eigenvalue weighted by molar-refractivity contribution is -0.144. The summed E-state index contributed by atoms with van der Waals surface area (Å²) >= 11 is 7.90. The number of piperazine rings is 1. The van der Waals surface area contributed by atoms with Crippen LogP contribution in [0.2, 0.25) is 0 Å². The highest BCUT2D eigenvalue weighted by Crippen LogP contribution is 2.36. The van der Waals surface area contributed by atoms with Gasteiger partial charge in [-0.05, 0) is 69.9 Å². The number of hydrogen-bond donors (Lipinski definition) is 3. The predicted molar refractivity (Wildman–Crippen MR) is 282 cm³/mol. The highest BCUT2D eigenvalue weighted by atomic mass is 35.5. The molecule has 1 aromatic heterocycles. The van der Waals surface area contributed by atoms with Gasteiger partial charge < -0.3 is 39.8 Å². The zero-order chi connectivity index (χ0) is 51.0. The molecule has 2 aliphatic rings. The van der Waals surface area contributed by atoms with Gasteiger partial charge in [0.05, 0.1) is 35.4 Å². The van der Waals surface area contributed by atoms with Crippen molar-refractivity contribution < 1.29 is 38.5 Å². The molecular weight excluding hydrogens is 952 g/mol. The number of halogens is 1. The molecule has 0 radical (unpaired) electrons. The van der Waals surface area contributed by atoms with Crippen LogP contribution in [0, 0.1) is 12.3 Å². The third-order valence-corrected chi connectivity index (χ3v) is 14.1. The lowest BCUT2D eigenvalue weighted by atomic mass is 9.85. The lowest BCUT2D eigenvalue weighted by Crippen LogP contribution is -2.58. The van der Waals surface area contributed by atoms with Gasteiger partial charge in [0.1, 0.15) is 37.7 Å². The Kier molecular flexibility index (Phi) is 19.6. The largest absolute Gasteiger partial charge is 0.492 e. The smallest absolute Gasteiger partial charge is 0.248 e. The van der Waals surface area contributed by atoms with Gasteiger partial charge in [-0.1, -0.05) is 118 Å². The summed E-state index contributed by atoms with van der Waals surface area (Å²) in [7, 11) is 0. The van der Waals surface area contributed by atoms with Gasteiger partial charge in [-0.2, -0.15) is 0 Å². The van der Waals surface area contributed by atoms with Gasteiger partial charge in [-0.25, -0.2) is 4.98 Å². The molecule has 2 saturated heterocycles. The number of aromatic nitrogens is 1. The maximum absolute atomic E-state index is 14.0. The number of rotatable bonds is 22. The molecule has 0 unspecified atom stereocenters. The standard InChI is InChI=1S/C56H67ClN6O8S/c1-39-52(72-38-59-39)44-17-15-40(16-18-44)34-58-54(67)48-33-45(64)35-63(48)55(68)53(56(2,3)4)60-49(65)36-69-31-32-70-37-50(66)62-27-25-61(26-28-62)29-30-71-46-21-19-43(20-22-46)51(42-13-9-6-10-14-42)47(23-24-57)41-11-7-5-8-12-41/h5-22,38,45,48,53,64H,23-37H2,1-4H3,(H,58,67)(H,60,65)/b51-47-/t45-,48+,53-/m1/s1. The molecule has 3 N–H and O–H groups in total. The first-order valence-electron chi connectivity index (χ1n) is 24.6. The molecule has 72 heavy (non-hydrogen) atoms. The van der Waals surface area contributed by atoms with E-state index >= 15 is 0 Å². The van der Waals surface area contributed by atoms with Crippen LogP contribution in [0.15, 0.2) is 115 Å². The van der Waals surface area contributed by atoms with Gasteiger partial charge in [0.2, 0.25) is 23.6 Å². The zero-order valence-electron chi connectivity index (χ0n) is 41.7. The number of aryl methyl sites for hydroxylation is 1. The van der Waals surface area contributed by atoms with Crippen molar-refractivity contribution in [2.24, 2.45) is 5.41 Å². The fourth-order valence-electron chi connectivity index (χ4n) is 9.02. The van der Waals surface area contributed by atoms with E-state index < -0.39 is 35.4 Å². The minimum atomic E-state index is -0.991. The van der Waals surface area contributed by atoms with Gasteiger partial charge in [0.25, 0.3) is 0 Å². The number of thiazole rings is 1. The van der Waals surface area contributed by atoms with Gasteiger partial charge >= 0.3 is 0 Å². The molecule has 5 aromatic rings. The summed E-state index contributed by atoms with van der Waals surface area (Å²) in [5.41, 5.74) is 9.70. The summed E-state index contributed by atoms with van der Waals surface area (Å²) in [5, 5.41) is 16.3. The molecule has 2 fully saturated rings. The predicted octanol–water partition coefficient (Wildman–Crippen LogP) is 7.07. The number of β-amino-alcohol motifs (C(OH)–C–C–N with tert-alkyl or cyclic N) is 1. The number of likely N-dealkylation sites (tertiary alicyclic amines) is 1. The number of nitrogens with zero attached hydrogens (tertiary/aromatic N) is 4. The quantitative estimate of drug-likeness (QED) is 0.0372. The van der Waals surface area contributed by atoms with Crippen LogP contribution in [0.4, 0.5) is 0 Å². The Balaban J connectivity index is 0.786. The molecule has 0 saturated carbocycles. The van der Waals surface area contributed by atoms with E-state index in [1.807, 2.05) is 81.7 Å². The SMILES string of the molecule is Cc1ncsc1-c1ccc(CNC(=O)[C@@H]2C[C@@H](O)CN2C(=O)[C@@H](NC(=O)COCCOCC(=O)N2CCN(CCOc3ccc(/C(=C(/CCCl)c4ccccc4)c4ccccc4)cc3)CC2)C(C)(C)C)cc1. The second kappa shape index (κ2) is 26.1. The Morgan fingerprint density at radius 3 is 2.08 bits per heavy atom. The number of aliphatic hydroxyl groups is 1. The van der Waals surface area contributed by atoms with Crippen LogP contribution in [0.3, 0.4) is 0 Å². The van der Waals surface area contributed by atoms with Gasteiger partial charge in [0, 0.05) is 58.1 Å². The number of hydrogen-bond acceptors (Lipinski definition) is 11. The molecule has 4 amide bonds. The van der Waals surface area contributed by atoms with Crippen molar-refractivity contribution >= 4 is 57.7 Å². The first-order chi connectivity index (χ1) is 34.8. The van der Waals surface area contributed by atoms with Crippen molar-refractivity contribution in [3.63, 3.8) is 0 Å². The third kappa shape index (κ3) is 14.8. The molecule has 4 aromatic carbocycles. The van der Waals surface area contributed by atoms with Crippen LogP contribution < -0.4 is 15.4 Å². The van der Waals surface area contributed by atoms with Crippen molar-refractivity contribution in [2.75, 3.05) is 78.2 Å². The van der Waals surface area contributed by atoms with Gasteiger partial charge in [-0.15, -0.1) is 22.9 Å². The topological polar surface area (TPSA) is 163 Å². The minimum absolute atomic E-state index is 0.0294. The van der Waals surface area contributed by atoms with Gasteiger partial charge in [0.15, 0.2) is 0 Å². The van der Waals surface area contributed by atoms with Crippen LogP contribution >= 0.6 is 22.9 Å². The van der Waals surface area contributed by atoms with Crippen molar-refractivity contribution in [1.82, 2.24) is 30.3 Å². The molecule has 7 rings (SSSR count). The van der Waals surface area contributed by atoms with Crippen molar-refractivity contribution in [3.8, 4) is 16.2 Å². The molecule has 3 heterocycles. The molecule has 0 spiro atoms. The number of amides is 4. The normalized spacial score (nSPS) is 17.0. The maximum Gasteiger partial charge on any atom is 0.248 e. The number of ether oxygens (including phenoxy) is 3. The number of allylic oxidation sites excluding steroid dienone is 1. The van der Waals surface area contributed by atoms with E-state index in [0.29, 0.717) is 38.7 Å². The Hall–Kier alpha value is -5.94. The van der Waals surface area contributed by atoms with Crippen LogP contribution in [0.5, 0.6) is 5.75 Å². The van der Waals surface area contributed by atoms with Crippen LogP contribution in [-0.2, 0) is 35.2 Å². The summed E-state index contributed by atoms with van der Waals surface area (Å²) in [6.07, 6.45) is -0.0663. The zero-order valence-corrected chi connectivity index (χ0v) is 43.3. The number of benzene rings is 4. The Bertz CT molecular complexity index is 2580. The second-order valence-corrected chi connectivity index (χ2v) is 20.4. The second-order valence-electron chi connectivity index (χ2n) is 19.2. The van der Waals surface area contributed by atoms with Crippen LogP contribution in [0.25, 0.3) is 21.6 Å². The average molecular weight is 1020 g/mol. The number of carbonyl (C=O) groups excluding carboxylic acids is 4. The van der Waals surface area contributed by atoms with E-state index in [-0.39, 0.29) is 57.8 Å². The fourth-order valence-corrected chi connectivity index (χ4v) is 10.0. The molecule has 14 nitrogen and oxygen atoms in total. The summed E-state index contributed by atoms with van der Waals surface area (Å²) in [6, 6.07) is 35.0. The summed E-state index contributed by atoms with van der Waals surface area (Å²) in [5.74, 6) is -0.170. The third-order valence-electron chi connectivity index (χ3n) is 12.9. The molecule has 16 heteroatoms. The van der Waals surface area contributed by atoms with Crippen molar-refractivity contribution in [1.29, 1.82) is 0 Å². The highest BCUT2D eigenvalue weighted by Gasteiger charge is 2.44. The summed E-state index contributed by atoms with van der Waals surface area (Å²) in [6.45, 7) is 11.2. The van der Waals surface area contributed by atoms with E-state index in [4.69, 9.17) is 25.8 Å². The molecular formula is C56H67ClN6O8S. The Labute approximate surface area is 432 Å². The van der Waals surface area contributed by atoms with Crippen molar-refractivity contribution in [2.45, 2.75) is 65.3 Å². The first kappa shape index (κ1) is 53.8. The average Bonchev–Trinajstić information content (AvgIpc) is 4.01. The number of alkyl halides is 1. The van der Waals surface area contributed by atoms with E-state index in [1.165, 1.54) is 10.5 Å². The van der Waals surface area contributed by atoms with E-state index in [0.717, 1.165) is 62.7 Å². The first-order valence-corrected chi connectivity index (χ1v) is 26.0. The maximum atomic E-state index is 14.0. The van der Waals surface area contributed by atoms with E-state index in [2.05, 4.69) is 81.2 Å². The number of carbonyl (C=O) groups is 4. The number of nitrogens with one attached hydrogen (secondary N) is 2. The lowest BCUT2D eigenvalue weighted by Gasteiger charge is -2.35. The Morgan fingerprint density at radius 1 is 0.819 bits per heavy atom. The van der Waals surface area contributed by atoms with E-state index in [1.54, 1.807) is 16.2 Å². The minimum Gasteiger partial charge on any atom is -0.492 e. The number of aliphatic hydroxyl groups excluding tert-OH is 1. The van der Waals surface area contributed by atoms with Crippen LogP contribution in [0.1, 0.15) is 61.6 Å². The van der Waals surface area contributed by atoms with Gasteiger partial charge in [-0.3, -0.25) is 24.1 Å². The fraction of sp³-hybridized carbons (Fsp3) is 0.411. The van der Waals surface area contributed by atoms with Crippen LogP contribution in [-0.4, -0.2) is 145 Å². The monoisotopic (exact) mass is 1020 g/mol. The Morgan fingerprint density at radius 2 is 1.46 bits per heavy atom. The molecule has 382 valence electrons. The van der Waals surface area contributed by atoms with Crippen molar-refractivity contribution in [3.05, 3.63) is 143 Å². The molecule has 3 atom stereocenters. The highest BCUT2D eigenvalue weighted by molar-refractivity contribution is 7.13. The molecule has 2 aliphatic heterocycles. The summed E-state index contributed by atoms with van der Waals surface area (Å²) < 4.78 is 17.3. The summed E-state index contributed by atoms with van der Waals surface area (Å²) in [4.78, 5) is 64.3. The molecule has 0 bridgehead atoms. The van der Waals surface area contributed by atoms with E-state index in [9.17, 15) is 24.3 Å².